The number of benzene rings is 2. The Morgan fingerprint density at radius 1 is 1.11 bits per heavy atom. The van der Waals surface area contributed by atoms with E-state index in [1.165, 1.54) is 6.08 Å². The number of hydrogen-bond acceptors (Lipinski definition) is 4. The van der Waals surface area contributed by atoms with Crippen LogP contribution in [0.5, 0.6) is 0 Å². The largest absolute Gasteiger partial charge is 0.400 e. The molecular weight excluding hydrogens is 381 g/mol. The van der Waals surface area contributed by atoms with Crippen LogP contribution in [0, 0.1) is 0 Å². The number of halogens is 2. The van der Waals surface area contributed by atoms with Crippen LogP contribution in [0.25, 0.3) is 0 Å². The molecule has 0 saturated carbocycles. The van der Waals surface area contributed by atoms with E-state index in [1.54, 1.807) is 24.4 Å². The predicted molar refractivity (Wildman–Crippen MR) is 112 cm³/mol. The van der Waals surface area contributed by atoms with Gasteiger partial charge in [0.25, 0.3) is 0 Å². The van der Waals surface area contributed by atoms with E-state index in [4.69, 9.17) is 28.9 Å². The summed E-state index contributed by atoms with van der Waals surface area (Å²) in [6, 6.07) is 13.8. The van der Waals surface area contributed by atoms with Crippen LogP contribution < -0.4 is 16.4 Å². The lowest BCUT2D eigenvalue weighted by molar-refractivity contribution is -0.115. The van der Waals surface area contributed by atoms with Gasteiger partial charge in [0, 0.05) is 17.5 Å². The molecule has 0 spiro atoms. The monoisotopic (exact) mass is 399 g/mol. The van der Waals surface area contributed by atoms with Crippen molar-refractivity contribution >= 4 is 34.7 Å². The fourth-order valence-electron chi connectivity index (χ4n) is 2.71. The highest BCUT2D eigenvalue weighted by molar-refractivity contribution is 6.42. The van der Waals surface area contributed by atoms with E-state index in [1.807, 2.05) is 48.6 Å². The van der Waals surface area contributed by atoms with Crippen LogP contribution in [-0.2, 0) is 4.79 Å². The highest BCUT2D eigenvalue weighted by atomic mass is 35.5. The molecule has 2 atom stereocenters. The maximum absolute atomic E-state index is 13.0. The summed E-state index contributed by atoms with van der Waals surface area (Å²) in [7, 11) is 0. The summed E-state index contributed by atoms with van der Waals surface area (Å²) in [6.07, 6.45) is 8.89. The molecule has 0 saturated heterocycles. The Hall–Kier alpha value is -2.69. The molecule has 138 valence electrons. The van der Waals surface area contributed by atoms with Crippen LogP contribution in [-0.4, -0.2) is 11.8 Å². The van der Waals surface area contributed by atoms with Gasteiger partial charge in [-0.3, -0.25) is 4.79 Å². The number of allylic oxidation sites excluding steroid dienone is 2. The molecule has 4 nitrogen and oxygen atoms in total. The molecule has 3 rings (SSSR count). The molecule has 27 heavy (non-hydrogen) atoms. The fourth-order valence-corrected chi connectivity index (χ4v) is 3.01. The zero-order chi connectivity index (χ0) is 19.2. The van der Waals surface area contributed by atoms with Crippen LogP contribution in [0.4, 0.5) is 5.69 Å². The lowest BCUT2D eigenvalue weighted by Crippen LogP contribution is -2.31. The number of anilines is 1. The van der Waals surface area contributed by atoms with Crippen LogP contribution >= 0.6 is 23.2 Å². The van der Waals surface area contributed by atoms with Crippen molar-refractivity contribution in [3.05, 3.63) is 100 Å². The number of nitrogens with two attached hydrogens (primary N) is 1. The molecule has 2 aromatic carbocycles. The Morgan fingerprint density at radius 2 is 1.89 bits per heavy atom. The summed E-state index contributed by atoms with van der Waals surface area (Å²) < 4.78 is 0. The van der Waals surface area contributed by atoms with E-state index in [0.29, 0.717) is 21.4 Å². The van der Waals surface area contributed by atoms with E-state index in [-0.39, 0.29) is 11.8 Å². The summed E-state index contributed by atoms with van der Waals surface area (Å²) in [5.41, 5.74) is 8.09. The Balaban J connectivity index is 1.87. The number of carbonyl (C=O) groups excluding carboxylic acids is 1. The molecule has 0 amide bonds. The van der Waals surface area contributed by atoms with Gasteiger partial charge in [0.2, 0.25) is 0 Å². The van der Waals surface area contributed by atoms with Crippen LogP contribution in [0.15, 0.2) is 84.7 Å². The van der Waals surface area contributed by atoms with Crippen LogP contribution in [0.1, 0.15) is 11.6 Å². The van der Waals surface area contributed by atoms with Crippen LogP contribution in [0.2, 0.25) is 10.0 Å². The lowest BCUT2D eigenvalue weighted by atomic mass is 10.00. The summed E-state index contributed by atoms with van der Waals surface area (Å²) >= 11 is 12.1. The Morgan fingerprint density at radius 3 is 2.56 bits per heavy atom. The molecule has 0 aliphatic carbocycles. The van der Waals surface area contributed by atoms with Gasteiger partial charge in [0.1, 0.15) is 6.04 Å². The van der Waals surface area contributed by atoms with E-state index >= 15 is 0 Å². The van der Waals surface area contributed by atoms with Gasteiger partial charge in [-0.2, -0.15) is 0 Å². The van der Waals surface area contributed by atoms with Crippen molar-refractivity contribution in [2.45, 2.75) is 12.1 Å². The van der Waals surface area contributed by atoms with E-state index in [2.05, 4.69) is 10.6 Å². The average molecular weight is 400 g/mol. The maximum atomic E-state index is 13.0. The number of dihydropyridines is 1. The van der Waals surface area contributed by atoms with Crippen molar-refractivity contribution in [2.75, 3.05) is 5.32 Å². The lowest BCUT2D eigenvalue weighted by Gasteiger charge is -2.20. The van der Waals surface area contributed by atoms with Gasteiger partial charge >= 0.3 is 0 Å². The van der Waals surface area contributed by atoms with Crippen molar-refractivity contribution in [3.8, 4) is 0 Å². The van der Waals surface area contributed by atoms with Crippen LogP contribution in [0.3, 0.4) is 0 Å². The Bertz CT molecular complexity index is 907. The second-order valence-corrected chi connectivity index (χ2v) is 6.87. The fraction of sp³-hybridized carbons (Fsp3) is 0.0952. The maximum Gasteiger partial charge on any atom is 0.184 e. The van der Waals surface area contributed by atoms with Gasteiger partial charge in [0.05, 0.1) is 16.1 Å². The minimum absolute atomic E-state index is 0.158. The zero-order valence-electron chi connectivity index (χ0n) is 14.4. The minimum Gasteiger partial charge on any atom is -0.400 e. The molecule has 2 unspecified atom stereocenters. The van der Waals surface area contributed by atoms with E-state index in [0.717, 1.165) is 5.56 Å². The molecule has 6 heteroatoms. The summed E-state index contributed by atoms with van der Waals surface area (Å²) in [6.45, 7) is 0. The third kappa shape index (κ3) is 4.94. The molecule has 0 fully saturated rings. The van der Waals surface area contributed by atoms with Crippen molar-refractivity contribution in [1.29, 1.82) is 0 Å². The Kier molecular flexibility index (Phi) is 6.22. The topological polar surface area (TPSA) is 67.2 Å². The first-order chi connectivity index (χ1) is 13.0. The van der Waals surface area contributed by atoms with E-state index < -0.39 is 6.04 Å². The number of hydrogen-bond donors (Lipinski definition) is 3. The summed E-state index contributed by atoms with van der Waals surface area (Å²) in [5, 5.41) is 7.20. The van der Waals surface area contributed by atoms with Gasteiger partial charge in [-0.25, -0.2) is 0 Å². The quantitative estimate of drug-likeness (QED) is 0.620. The molecular formula is C21H19Cl2N3O. The first kappa shape index (κ1) is 19.1. The normalized spacial score (nSPS) is 17.3. The van der Waals surface area contributed by atoms with Gasteiger partial charge < -0.3 is 16.4 Å². The molecule has 0 radical (unpaired) electrons. The van der Waals surface area contributed by atoms with Gasteiger partial charge in [0.15, 0.2) is 5.78 Å². The first-order valence-corrected chi connectivity index (χ1v) is 9.17. The number of carbonyl (C=O) groups is 1. The molecule has 0 bridgehead atoms. The molecule has 1 aliphatic rings. The van der Waals surface area contributed by atoms with Crippen molar-refractivity contribution in [2.24, 2.45) is 5.73 Å². The molecule has 1 heterocycles. The molecule has 4 N–H and O–H groups in total. The second-order valence-electron chi connectivity index (χ2n) is 6.05. The number of ketones is 1. The zero-order valence-corrected chi connectivity index (χ0v) is 15.9. The summed E-state index contributed by atoms with van der Waals surface area (Å²) in [5.74, 6) is -0.158. The average Bonchev–Trinajstić information content (AvgIpc) is 2.70. The Labute approximate surface area is 168 Å². The standard InChI is InChI=1S/C21H19Cl2N3O/c22-16-10-9-15(12-17(16)23)26-21(14-6-2-1-3-7-14)20(27)13-18(24)19-8-4-5-11-25-19/h1-13,19,21,25-26H,24H2. The third-order valence-electron chi connectivity index (χ3n) is 4.10. The highest BCUT2D eigenvalue weighted by Crippen LogP contribution is 2.28. The minimum atomic E-state index is -0.606. The van der Waals surface area contributed by atoms with Gasteiger partial charge in [-0.05, 0) is 36.0 Å². The van der Waals surface area contributed by atoms with E-state index in [9.17, 15) is 4.79 Å². The van der Waals surface area contributed by atoms with Crippen molar-refractivity contribution < 1.29 is 4.79 Å². The summed E-state index contributed by atoms with van der Waals surface area (Å²) in [4.78, 5) is 13.0. The smallest absolute Gasteiger partial charge is 0.184 e. The van der Waals surface area contributed by atoms with Crippen molar-refractivity contribution in [1.82, 2.24) is 5.32 Å². The number of nitrogens with one attached hydrogen (secondary N) is 2. The number of rotatable bonds is 6. The highest BCUT2D eigenvalue weighted by Gasteiger charge is 2.20. The van der Waals surface area contributed by atoms with Gasteiger partial charge in [-0.1, -0.05) is 65.7 Å². The SMILES string of the molecule is NC(=CC(=O)C(Nc1ccc(Cl)c(Cl)c1)c1ccccc1)C1C=CC=CN1. The molecule has 0 aromatic heterocycles. The second kappa shape index (κ2) is 8.80. The predicted octanol–water partition coefficient (Wildman–Crippen LogP) is 4.60. The van der Waals surface area contributed by atoms with Crippen molar-refractivity contribution in [3.63, 3.8) is 0 Å². The first-order valence-electron chi connectivity index (χ1n) is 8.41. The molecule has 1 aliphatic heterocycles. The molecule has 2 aromatic rings. The third-order valence-corrected chi connectivity index (χ3v) is 4.84. The van der Waals surface area contributed by atoms with Gasteiger partial charge in [-0.15, -0.1) is 0 Å².